The fourth-order valence-electron chi connectivity index (χ4n) is 3.55. The highest BCUT2D eigenvalue weighted by atomic mass is 16.3. The lowest BCUT2D eigenvalue weighted by molar-refractivity contribution is 0.102. The lowest BCUT2D eigenvalue weighted by atomic mass is 10.1. The van der Waals surface area contributed by atoms with Gasteiger partial charge in [0.1, 0.15) is 5.52 Å². The van der Waals surface area contributed by atoms with E-state index >= 15 is 0 Å². The lowest BCUT2D eigenvalue weighted by Gasteiger charge is -2.05. The summed E-state index contributed by atoms with van der Waals surface area (Å²) in [6, 6.07) is 27.5. The van der Waals surface area contributed by atoms with E-state index < -0.39 is 0 Å². The molecule has 0 radical (unpaired) electrons. The molecule has 1 amide bonds. The van der Waals surface area contributed by atoms with Gasteiger partial charge in [-0.2, -0.15) is 0 Å². The molecule has 0 fully saturated rings. The van der Waals surface area contributed by atoms with Crippen molar-refractivity contribution in [2.45, 2.75) is 13.3 Å². The van der Waals surface area contributed by atoms with Crippen LogP contribution in [-0.4, -0.2) is 10.9 Å². The van der Waals surface area contributed by atoms with E-state index in [9.17, 15) is 4.79 Å². The molecule has 0 aliphatic rings. The summed E-state index contributed by atoms with van der Waals surface area (Å²) in [4.78, 5) is 17.2. The average Bonchev–Trinajstić information content (AvgIpc) is 3.22. The van der Waals surface area contributed by atoms with E-state index in [0.29, 0.717) is 28.2 Å². The molecule has 5 rings (SSSR count). The zero-order chi connectivity index (χ0) is 20.5. The number of fused-ring (bicyclic) bond motifs is 2. The minimum atomic E-state index is -0.143. The quantitative estimate of drug-likeness (QED) is 0.382. The minimum absolute atomic E-state index is 0.143. The molecule has 4 nitrogen and oxygen atoms in total. The Hall–Kier alpha value is -3.92. The van der Waals surface area contributed by atoms with Crippen LogP contribution in [0.1, 0.15) is 22.8 Å². The molecule has 1 N–H and O–H groups in total. The molecule has 146 valence electrons. The first kappa shape index (κ1) is 18.1. The summed E-state index contributed by atoms with van der Waals surface area (Å²) in [5, 5.41) is 5.25. The Kier molecular flexibility index (Phi) is 4.52. The van der Waals surface area contributed by atoms with Crippen LogP contribution in [0.15, 0.2) is 89.3 Å². The van der Waals surface area contributed by atoms with Crippen LogP contribution in [0.5, 0.6) is 0 Å². The maximum atomic E-state index is 12.5. The number of aromatic nitrogens is 1. The van der Waals surface area contributed by atoms with Gasteiger partial charge in [-0.25, -0.2) is 4.98 Å². The fourth-order valence-corrected chi connectivity index (χ4v) is 3.55. The van der Waals surface area contributed by atoms with E-state index in [1.165, 1.54) is 10.9 Å². The topological polar surface area (TPSA) is 55.1 Å². The Morgan fingerprint density at radius 2 is 1.70 bits per heavy atom. The van der Waals surface area contributed by atoms with Crippen LogP contribution >= 0.6 is 0 Å². The fraction of sp³-hybridized carbons (Fsp3) is 0.0769. The van der Waals surface area contributed by atoms with E-state index in [0.717, 1.165) is 17.4 Å². The summed E-state index contributed by atoms with van der Waals surface area (Å²) in [6.45, 7) is 2.09. The van der Waals surface area contributed by atoms with Gasteiger partial charge in [0.15, 0.2) is 5.58 Å². The predicted octanol–water partition coefficient (Wildman–Crippen LogP) is 6.46. The number of nitrogens with one attached hydrogen (secondary N) is 1. The van der Waals surface area contributed by atoms with Crippen LogP contribution in [0.25, 0.3) is 33.3 Å². The van der Waals surface area contributed by atoms with Crippen molar-refractivity contribution in [2.75, 3.05) is 5.32 Å². The normalized spacial score (nSPS) is 11.1. The lowest BCUT2D eigenvalue weighted by Crippen LogP contribution is -2.11. The van der Waals surface area contributed by atoms with Gasteiger partial charge in [0, 0.05) is 16.8 Å². The third kappa shape index (κ3) is 3.44. The van der Waals surface area contributed by atoms with E-state index in [2.05, 4.69) is 41.5 Å². The van der Waals surface area contributed by atoms with Crippen molar-refractivity contribution in [1.29, 1.82) is 0 Å². The largest absolute Gasteiger partial charge is 0.436 e. The molecular weight excluding hydrogens is 372 g/mol. The van der Waals surface area contributed by atoms with Crippen molar-refractivity contribution in [3.63, 3.8) is 0 Å². The van der Waals surface area contributed by atoms with Crippen LogP contribution in [0.4, 0.5) is 5.69 Å². The number of rotatable bonds is 4. The number of hydrogen-bond donors (Lipinski definition) is 1. The van der Waals surface area contributed by atoms with Crippen molar-refractivity contribution >= 4 is 33.5 Å². The van der Waals surface area contributed by atoms with Gasteiger partial charge in [-0.15, -0.1) is 0 Å². The number of oxazole rings is 1. The third-order valence-corrected chi connectivity index (χ3v) is 5.27. The summed E-state index contributed by atoms with van der Waals surface area (Å²) in [6.07, 6.45) is 0.949. The molecule has 0 bridgehead atoms. The monoisotopic (exact) mass is 392 g/mol. The van der Waals surface area contributed by atoms with Gasteiger partial charge in [-0.05, 0) is 65.2 Å². The number of aryl methyl sites for hydroxylation is 1. The molecule has 0 unspecified atom stereocenters. The molecule has 30 heavy (non-hydrogen) atoms. The minimum Gasteiger partial charge on any atom is -0.436 e. The third-order valence-electron chi connectivity index (χ3n) is 5.27. The van der Waals surface area contributed by atoms with Gasteiger partial charge in [0.05, 0.1) is 0 Å². The van der Waals surface area contributed by atoms with Crippen LogP contribution in [0.2, 0.25) is 0 Å². The average molecular weight is 392 g/mol. The van der Waals surface area contributed by atoms with Crippen LogP contribution < -0.4 is 5.32 Å². The number of benzene rings is 4. The second-order valence-electron chi connectivity index (χ2n) is 7.27. The van der Waals surface area contributed by atoms with Crippen LogP contribution in [0.3, 0.4) is 0 Å². The molecule has 0 atom stereocenters. The molecule has 0 aliphatic heterocycles. The summed E-state index contributed by atoms with van der Waals surface area (Å²) in [5.41, 5.74) is 4.83. The Bertz CT molecular complexity index is 1370. The summed E-state index contributed by atoms with van der Waals surface area (Å²) < 4.78 is 5.95. The highest BCUT2D eigenvalue weighted by molar-refractivity contribution is 6.05. The standard InChI is InChI=1S/C26H20N2O2/c1-2-17-7-9-19(10-8-17)25(29)27-22-13-14-24-23(16-22)28-26(30-24)21-12-11-18-5-3-4-6-20(18)15-21/h3-16H,2H2,1H3,(H,27,29). The second kappa shape index (κ2) is 7.48. The van der Waals surface area contributed by atoms with E-state index in [-0.39, 0.29) is 5.91 Å². The van der Waals surface area contributed by atoms with E-state index in [1.807, 2.05) is 60.7 Å². The smallest absolute Gasteiger partial charge is 0.255 e. The highest BCUT2D eigenvalue weighted by Crippen LogP contribution is 2.28. The molecule has 0 spiro atoms. The maximum absolute atomic E-state index is 12.5. The van der Waals surface area contributed by atoms with Crippen molar-refractivity contribution in [3.8, 4) is 11.5 Å². The van der Waals surface area contributed by atoms with Crippen LogP contribution in [-0.2, 0) is 6.42 Å². The van der Waals surface area contributed by atoms with Crippen molar-refractivity contribution in [2.24, 2.45) is 0 Å². The van der Waals surface area contributed by atoms with E-state index in [4.69, 9.17) is 4.42 Å². The SMILES string of the molecule is CCc1ccc(C(=O)Nc2ccc3oc(-c4ccc5ccccc5c4)nc3c2)cc1. The molecule has 0 saturated heterocycles. The number of hydrogen-bond acceptors (Lipinski definition) is 3. The summed E-state index contributed by atoms with van der Waals surface area (Å²) in [5.74, 6) is 0.421. The number of carbonyl (C=O) groups excluding carboxylic acids is 1. The number of amides is 1. The van der Waals surface area contributed by atoms with Gasteiger partial charge in [-0.1, -0.05) is 49.4 Å². The number of nitrogens with zero attached hydrogens (tertiary/aromatic N) is 1. The zero-order valence-electron chi connectivity index (χ0n) is 16.6. The van der Waals surface area contributed by atoms with Gasteiger partial charge >= 0.3 is 0 Å². The van der Waals surface area contributed by atoms with Crippen LogP contribution in [0, 0.1) is 0 Å². The zero-order valence-corrected chi connectivity index (χ0v) is 16.6. The first-order chi connectivity index (χ1) is 14.7. The first-order valence-corrected chi connectivity index (χ1v) is 10.00. The molecule has 0 aliphatic carbocycles. The number of carbonyl (C=O) groups is 1. The Morgan fingerprint density at radius 3 is 2.50 bits per heavy atom. The maximum Gasteiger partial charge on any atom is 0.255 e. The van der Waals surface area contributed by atoms with Gasteiger partial charge < -0.3 is 9.73 Å². The predicted molar refractivity (Wildman–Crippen MR) is 121 cm³/mol. The Balaban J connectivity index is 1.42. The molecule has 1 heterocycles. The molecule has 4 heteroatoms. The Morgan fingerprint density at radius 1 is 0.900 bits per heavy atom. The van der Waals surface area contributed by atoms with Crippen molar-refractivity contribution in [3.05, 3.63) is 96.1 Å². The molecule has 4 aromatic carbocycles. The van der Waals surface area contributed by atoms with Crippen molar-refractivity contribution < 1.29 is 9.21 Å². The summed E-state index contributed by atoms with van der Waals surface area (Å²) >= 11 is 0. The van der Waals surface area contributed by atoms with Gasteiger partial charge in [0.2, 0.25) is 5.89 Å². The highest BCUT2D eigenvalue weighted by Gasteiger charge is 2.11. The van der Waals surface area contributed by atoms with E-state index in [1.54, 1.807) is 0 Å². The first-order valence-electron chi connectivity index (χ1n) is 10.00. The summed E-state index contributed by atoms with van der Waals surface area (Å²) in [7, 11) is 0. The molecule has 1 aromatic heterocycles. The van der Waals surface area contributed by atoms with Gasteiger partial charge in [-0.3, -0.25) is 4.79 Å². The van der Waals surface area contributed by atoms with Crippen molar-refractivity contribution in [1.82, 2.24) is 4.98 Å². The molecular formula is C26H20N2O2. The molecule has 5 aromatic rings. The van der Waals surface area contributed by atoms with Gasteiger partial charge in [0.25, 0.3) is 5.91 Å². The second-order valence-corrected chi connectivity index (χ2v) is 7.27. The number of anilines is 1. The Labute approximate surface area is 174 Å². The molecule has 0 saturated carbocycles.